The molecule has 1 atom stereocenters. The van der Waals surface area contributed by atoms with E-state index < -0.39 is 11.2 Å². The number of methoxy groups -OCH3 is 1. The number of amides is 2. The molecule has 0 unspecified atom stereocenters. The average molecular weight is 512 g/mol. The lowest BCUT2D eigenvalue weighted by Crippen LogP contribution is -2.33. The van der Waals surface area contributed by atoms with E-state index >= 15 is 0 Å². The summed E-state index contributed by atoms with van der Waals surface area (Å²) in [5, 5.41) is 2.84. The molecule has 2 aromatic rings. The number of esters is 1. The van der Waals surface area contributed by atoms with E-state index in [4.69, 9.17) is 9.47 Å². The molecule has 3 rings (SSSR count). The van der Waals surface area contributed by atoms with Crippen molar-refractivity contribution in [3.63, 3.8) is 0 Å². The lowest BCUT2D eigenvalue weighted by Gasteiger charge is -2.13. The van der Waals surface area contributed by atoms with Crippen molar-refractivity contribution in [2.75, 3.05) is 25.6 Å². The summed E-state index contributed by atoms with van der Waals surface area (Å²) in [5.41, 5.74) is 1.68. The zero-order chi connectivity index (χ0) is 25.9. The number of amidine groups is 1. The van der Waals surface area contributed by atoms with Crippen LogP contribution in [0.3, 0.4) is 0 Å². The van der Waals surface area contributed by atoms with Crippen LogP contribution in [0.5, 0.6) is 5.75 Å². The highest BCUT2D eigenvalue weighted by Crippen LogP contribution is 2.32. The van der Waals surface area contributed by atoms with Crippen LogP contribution in [0.1, 0.15) is 56.3 Å². The molecule has 1 aliphatic heterocycles. The van der Waals surface area contributed by atoms with Gasteiger partial charge in [0.15, 0.2) is 5.17 Å². The summed E-state index contributed by atoms with van der Waals surface area (Å²) in [5.74, 6) is -0.0428. The number of hydrogen-bond acceptors (Lipinski definition) is 7. The van der Waals surface area contributed by atoms with Gasteiger partial charge in [0.1, 0.15) is 11.0 Å². The van der Waals surface area contributed by atoms with Crippen LogP contribution in [-0.4, -0.2) is 53.4 Å². The fourth-order valence-corrected chi connectivity index (χ4v) is 4.87. The van der Waals surface area contributed by atoms with Crippen molar-refractivity contribution in [3.05, 3.63) is 54.1 Å². The highest BCUT2D eigenvalue weighted by molar-refractivity contribution is 8.15. The summed E-state index contributed by atoms with van der Waals surface area (Å²) >= 11 is 1.27. The second-order valence-electron chi connectivity index (χ2n) is 8.31. The number of hydrogen-bond donors (Lipinski definition) is 1. The largest absolute Gasteiger partial charge is 0.494 e. The van der Waals surface area contributed by atoms with Gasteiger partial charge in [-0.3, -0.25) is 14.5 Å². The Hall–Kier alpha value is -3.33. The Labute approximate surface area is 216 Å². The first-order valence-electron chi connectivity index (χ1n) is 12.2. The van der Waals surface area contributed by atoms with Crippen molar-refractivity contribution < 1.29 is 23.9 Å². The van der Waals surface area contributed by atoms with Gasteiger partial charge in [-0.05, 0) is 61.9 Å². The van der Waals surface area contributed by atoms with Crippen LogP contribution < -0.4 is 10.1 Å². The molecule has 2 amide bonds. The maximum atomic E-state index is 12.9. The van der Waals surface area contributed by atoms with Crippen LogP contribution in [0.2, 0.25) is 0 Å². The van der Waals surface area contributed by atoms with Crippen LogP contribution in [0.4, 0.5) is 11.4 Å². The lowest BCUT2D eigenvalue weighted by molar-refractivity contribution is -0.128. The molecule has 192 valence electrons. The topological polar surface area (TPSA) is 97.3 Å². The van der Waals surface area contributed by atoms with Gasteiger partial charge in [0.2, 0.25) is 11.8 Å². The molecular weight excluding hydrogens is 478 g/mol. The van der Waals surface area contributed by atoms with Crippen LogP contribution in [-0.2, 0) is 14.3 Å². The SMILES string of the molecule is CCCCCCOc1ccc(NC(=O)C[C@@H]2SC(=Nc3ccc(C(=O)OC)cc3)N(CC)C2=O)cc1. The van der Waals surface area contributed by atoms with Crippen molar-refractivity contribution in [2.24, 2.45) is 4.99 Å². The first-order valence-corrected chi connectivity index (χ1v) is 13.1. The third kappa shape index (κ3) is 7.58. The number of carbonyl (C=O) groups excluding carboxylic acids is 3. The van der Waals surface area contributed by atoms with Crippen LogP contribution in [0, 0.1) is 0 Å². The Balaban J connectivity index is 1.55. The van der Waals surface area contributed by atoms with Gasteiger partial charge in [0.05, 0.1) is 25.0 Å². The molecule has 1 aliphatic rings. The second-order valence-corrected chi connectivity index (χ2v) is 9.48. The third-order valence-corrected chi connectivity index (χ3v) is 6.80. The molecule has 0 saturated carbocycles. The quantitative estimate of drug-likeness (QED) is 0.302. The monoisotopic (exact) mass is 511 g/mol. The summed E-state index contributed by atoms with van der Waals surface area (Å²) in [6.07, 6.45) is 4.63. The van der Waals surface area contributed by atoms with E-state index in [1.165, 1.54) is 31.7 Å². The molecule has 0 bridgehead atoms. The van der Waals surface area contributed by atoms with E-state index in [-0.39, 0.29) is 18.2 Å². The summed E-state index contributed by atoms with van der Waals surface area (Å²) in [7, 11) is 1.33. The summed E-state index contributed by atoms with van der Waals surface area (Å²) in [4.78, 5) is 43.3. The summed E-state index contributed by atoms with van der Waals surface area (Å²) < 4.78 is 10.4. The summed E-state index contributed by atoms with van der Waals surface area (Å²) in [6.45, 7) is 5.17. The molecule has 8 nitrogen and oxygen atoms in total. The Kier molecular flexibility index (Phi) is 10.4. The number of rotatable bonds is 12. The smallest absolute Gasteiger partial charge is 0.337 e. The van der Waals surface area contributed by atoms with Gasteiger partial charge in [-0.1, -0.05) is 37.9 Å². The molecule has 1 fully saturated rings. The van der Waals surface area contributed by atoms with E-state index in [0.717, 1.165) is 18.6 Å². The molecule has 0 spiro atoms. The van der Waals surface area contributed by atoms with E-state index in [1.54, 1.807) is 41.3 Å². The number of thioether (sulfide) groups is 1. The fraction of sp³-hybridized carbons (Fsp3) is 0.407. The molecule has 36 heavy (non-hydrogen) atoms. The van der Waals surface area contributed by atoms with E-state index in [9.17, 15) is 14.4 Å². The Morgan fingerprint density at radius 1 is 1.03 bits per heavy atom. The minimum atomic E-state index is -0.552. The van der Waals surface area contributed by atoms with Crippen LogP contribution in [0.15, 0.2) is 53.5 Å². The van der Waals surface area contributed by atoms with Crippen molar-refractivity contribution in [2.45, 2.75) is 51.2 Å². The number of nitrogens with zero attached hydrogens (tertiary/aromatic N) is 2. The predicted molar refractivity (Wildman–Crippen MR) is 143 cm³/mol. The zero-order valence-electron chi connectivity index (χ0n) is 21.0. The van der Waals surface area contributed by atoms with Crippen molar-refractivity contribution >= 4 is 46.1 Å². The number of carbonyl (C=O) groups is 3. The Morgan fingerprint density at radius 3 is 2.39 bits per heavy atom. The highest BCUT2D eigenvalue weighted by Gasteiger charge is 2.38. The molecule has 0 aliphatic carbocycles. The predicted octanol–water partition coefficient (Wildman–Crippen LogP) is 5.41. The minimum absolute atomic E-state index is 0.0377. The third-order valence-electron chi connectivity index (χ3n) is 5.62. The van der Waals surface area contributed by atoms with Gasteiger partial charge >= 0.3 is 5.97 Å². The number of nitrogens with one attached hydrogen (secondary N) is 1. The molecular formula is C27H33N3O5S. The average Bonchev–Trinajstić information content (AvgIpc) is 3.17. The standard InChI is InChI=1S/C27H33N3O5S/c1-4-6-7-8-17-35-22-15-13-20(14-16-22)28-24(31)18-23-25(32)30(5-2)27(36-23)29-21-11-9-19(10-12-21)26(33)34-3/h9-16,23H,4-8,17-18H2,1-3H3,(H,28,31)/t23-/m0/s1. The van der Waals surface area contributed by atoms with Gasteiger partial charge in [-0.25, -0.2) is 9.79 Å². The number of benzene rings is 2. The molecule has 9 heteroatoms. The Morgan fingerprint density at radius 2 is 1.75 bits per heavy atom. The Bertz CT molecular complexity index is 1070. The minimum Gasteiger partial charge on any atom is -0.494 e. The van der Waals surface area contributed by atoms with E-state index in [1.807, 2.05) is 19.1 Å². The van der Waals surface area contributed by atoms with Gasteiger partial charge in [0, 0.05) is 18.7 Å². The molecule has 1 heterocycles. The maximum absolute atomic E-state index is 12.9. The van der Waals surface area contributed by atoms with Gasteiger partial charge in [-0.2, -0.15) is 0 Å². The van der Waals surface area contributed by atoms with Gasteiger partial charge < -0.3 is 14.8 Å². The van der Waals surface area contributed by atoms with Gasteiger partial charge in [0.25, 0.3) is 0 Å². The zero-order valence-corrected chi connectivity index (χ0v) is 21.8. The second kappa shape index (κ2) is 13.7. The van der Waals surface area contributed by atoms with Crippen molar-refractivity contribution in [1.82, 2.24) is 4.90 Å². The highest BCUT2D eigenvalue weighted by atomic mass is 32.2. The molecule has 2 aromatic carbocycles. The van der Waals surface area contributed by atoms with Crippen LogP contribution in [0.25, 0.3) is 0 Å². The van der Waals surface area contributed by atoms with Gasteiger partial charge in [-0.15, -0.1) is 0 Å². The molecule has 1 saturated heterocycles. The number of unbranched alkanes of at least 4 members (excludes halogenated alkanes) is 3. The van der Waals surface area contributed by atoms with E-state index in [0.29, 0.717) is 35.3 Å². The maximum Gasteiger partial charge on any atom is 0.337 e. The number of ether oxygens (including phenoxy) is 2. The lowest BCUT2D eigenvalue weighted by atomic mass is 10.2. The van der Waals surface area contributed by atoms with Crippen LogP contribution >= 0.6 is 11.8 Å². The normalized spacial score (nSPS) is 16.3. The fourth-order valence-electron chi connectivity index (χ4n) is 3.65. The van der Waals surface area contributed by atoms with Crippen molar-refractivity contribution in [1.29, 1.82) is 0 Å². The van der Waals surface area contributed by atoms with Crippen molar-refractivity contribution in [3.8, 4) is 5.75 Å². The molecule has 1 N–H and O–H groups in total. The summed E-state index contributed by atoms with van der Waals surface area (Å²) in [6, 6.07) is 13.9. The first-order chi connectivity index (χ1) is 17.4. The molecule has 0 aromatic heterocycles. The molecule has 0 radical (unpaired) electrons. The number of anilines is 1. The first kappa shape index (κ1) is 27.3. The number of aliphatic imine (C=N–C) groups is 1. The van der Waals surface area contributed by atoms with E-state index in [2.05, 4.69) is 17.2 Å².